The Morgan fingerprint density at radius 1 is 1.30 bits per heavy atom. The Bertz CT molecular complexity index is 1050. The highest BCUT2D eigenvalue weighted by molar-refractivity contribution is 6.01. The van der Waals surface area contributed by atoms with E-state index in [0.717, 1.165) is 5.56 Å². The average Bonchev–Trinajstić information content (AvgIpc) is 3.38. The molecular weight excluding hydrogens is 356 g/mol. The van der Waals surface area contributed by atoms with Crippen LogP contribution in [0, 0.1) is 6.92 Å². The molecule has 0 radical (unpaired) electrons. The summed E-state index contributed by atoms with van der Waals surface area (Å²) in [7, 11) is 0. The fraction of sp³-hybridized carbons (Fsp3) is 0.200. The minimum absolute atomic E-state index is 0.0339. The Hall–Kier alpha value is -3.96. The second-order valence-corrected chi connectivity index (χ2v) is 5.61. The summed E-state index contributed by atoms with van der Waals surface area (Å²) in [5.41, 5.74) is 9.92. The molecule has 3 aromatic rings. The zero-order chi connectivity index (χ0) is 19.0. The molecule has 1 aromatic carbocycles. The summed E-state index contributed by atoms with van der Waals surface area (Å²) >= 11 is 0. The Balaban J connectivity index is 1.52. The van der Waals surface area contributed by atoms with Gasteiger partial charge in [-0.1, -0.05) is 5.21 Å². The number of anilines is 1. The topological polar surface area (TPSA) is 156 Å². The van der Waals surface area contributed by atoms with E-state index in [4.69, 9.17) is 15.2 Å². The van der Waals surface area contributed by atoms with Crippen LogP contribution >= 0.6 is 0 Å². The van der Waals surface area contributed by atoms with Gasteiger partial charge < -0.3 is 15.2 Å². The van der Waals surface area contributed by atoms with E-state index in [2.05, 4.69) is 35.8 Å². The van der Waals surface area contributed by atoms with Gasteiger partial charge in [-0.3, -0.25) is 4.79 Å². The van der Waals surface area contributed by atoms with Crippen molar-refractivity contribution in [3.05, 3.63) is 35.2 Å². The predicted molar refractivity (Wildman–Crippen MR) is 90.6 cm³/mol. The molecule has 1 amide bonds. The fourth-order valence-corrected chi connectivity index (χ4v) is 2.45. The van der Waals surface area contributed by atoms with Crippen LogP contribution in [0.15, 0.2) is 27.9 Å². The highest BCUT2D eigenvalue weighted by Gasteiger charge is 2.21. The molecule has 0 saturated carbocycles. The number of nitrogens with zero attached hydrogens (tertiary/aromatic N) is 6. The fourth-order valence-electron chi connectivity index (χ4n) is 2.45. The van der Waals surface area contributed by atoms with Gasteiger partial charge in [0.25, 0.3) is 5.91 Å². The van der Waals surface area contributed by atoms with Crippen LogP contribution in [0.3, 0.4) is 0 Å². The molecule has 138 valence electrons. The number of carbonyl (C=O) groups excluding carboxylic acids is 1. The number of aromatic nitrogens is 5. The van der Waals surface area contributed by atoms with Crippen molar-refractivity contribution in [3.8, 4) is 17.3 Å². The molecule has 0 atom stereocenters. The van der Waals surface area contributed by atoms with Crippen molar-refractivity contribution >= 4 is 17.4 Å². The lowest BCUT2D eigenvalue weighted by Gasteiger charge is -2.04. The molecular formula is C15H14N8O4. The van der Waals surface area contributed by atoms with E-state index in [1.165, 1.54) is 4.68 Å². The van der Waals surface area contributed by atoms with Gasteiger partial charge in [0.2, 0.25) is 18.4 Å². The summed E-state index contributed by atoms with van der Waals surface area (Å²) in [6.45, 7) is 3.58. The zero-order valence-electron chi connectivity index (χ0n) is 14.3. The van der Waals surface area contributed by atoms with Gasteiger partial charge in [-0.15, -0.1) is 5.10 Å². The van der Waals surface area contributed by atoms with Crippen molar-refractivity contribution in [1.82, 2.24) is 30.7 Å². The average molecular weight is 370 g/mol. The summed E-state index contributed by atoms with van der Waals surface area (Å²) in [6.07, 6.45) is 0. The summed E-state index contributed by atoms with van der Waals surface area (Å²) in [5, 5.41) is 18.9. The molecule has 4 rings (SSSR count). The summed E-state index contributed by atoms with van der Waals surface area (Å²) < 4.78 is 16.4. The molecule has 0 spiro atoms. The molecule has 0 fully saturated rings. The smallest absolute Gasteiger partial charge is 0.293 e. The van der Waals surface area contributed by atoms with E-state index in [0.29, 0.717) is 22.9 Å². The van der Waals surface area contributed by atoms with Gasteiger partial charge in [0.05, 0.1) is 11.4 Å². The number of nitrogens with one attached hydrogen (secondary N) is 1. The Labute approximate surface area is 151 Å². The lowest BCUT2D eigenvalue weighted by atomic mass is 10.1. The second kappa shape index (κ2) is 6.40. The highest BCUT2D eigenvalue weighted by atomic mass is 16.7. The first-order valence-corrected chi connectivity index (χ1v) is 7.80. The van der Waals surface area contributed by atoms with Crippen molar-refractivity contribution in [2.75, 3.05) is 12.5 Å². The summed E-state index contributed by atoms with van der Waals surface area (Å²) in [6, 6.07) is 5.39. The third kappa shape index (κ3) is 2.92. The first-order chi connectivity index (χ1) is 13.0. The maximum Gasteiger partial charge on any atom is 0.293 e. The van der Waals surface area contributed by atoms with E-state index >= 15 is 0 Å². The number of benzene rings is 1. The standard InChI is InChI=1S/C15H14N8O4/c1-7(9-3-4-10-11(5-9)26-6-25-10)17-19-15(24)12-8(2)23(22-18-12)14-13(16)20-27-21-14/h3-5H,6H2,1-2H3,(H2,16,20)(H,19,24)/b17-7+. The van der Waals surface area contributed by atoms with Gasteiger partial charge in [0, 0.05) is 5.56 Å². The molecule has 0 aliphatic carbocycles. The van der Waals surface area contributed by atoms with E-state index in [1.54, 1.807) is 26.0 Å². The molecule has 1 aliphatic heterocycles. The van der Waals surface area contributed by atoms with Crippen molar-refractivity contribution < 1.29 is 18.9 Å². The van der Waals surface area contributed by atoms with Crippen LogP contribution in [0.1, 0.15) is 28.7 Å². The number of nitrogen functional groups attached to an aromatic ring is 1. The van der Waals surface area contributed by atoms with Crippen LogP contribution in [0.2, 0.25) is 0 Å². The molecule has 0 saturated heterocycles. The van der Waals surface area contributed by atoms with Gasteiger partial charge in [-0.25, -0.2) is 10.1 Å². The zero-order valence-corrected chi connectivity index (χ0v) is 14.3. The van der Waals surface area contributed by atoms with Crippen LogP contribution < -0.4 is 20.6 Å². The molecule has 0 bridgehead atoms. The van der Waals surface area contributed by atoms with E-state index < -0.39 is 5.91 Å². The van der Waals surface area contributed by atoms with Gasteiger partial charge >= 0.3 is 0 Å². The molecule has 12 heteroatoms. The predicted octanol–water partition coefficient (Wildman–Crippen LogP) is 0.424. The molecule has 2 aromatic heterocycles. The number of fused-ring (bicyclic) bond motifs is 1. The molecule has 0 unspecified atom stereocenters. The third-order valence-electron chi connectivity index (χ3n) is 3.92. The minimum atomic E-state index is -0.533. The van der Waals surface area contributed by atoms with Crippen LogP contribution in [-0.4, -0.2) is 43.7 Å². The summed E-state index contributed by atoms with van der Waals surface area (Å²) in [4.78, 5) is 12.4. The SMILES string of the molecule is C/C(=N\NC(=O)c1nnn(-c2nonc2N)c1C)c1ccc2c(c1)OCO2. The number of amides is 1. The number of hydrazone groups is 1. The summed E-state index contributed by atoms with van der Waals surface area (Å²) in [5.74, 6) is 0.954. The highest BCUT2D eigenvalue weighted by Crippen LogP contribution is 2.32. The van der Waals surface area contributed by atoms with Gasteiger partial charge in [0.1, 0.15) is 0 Å². The molecule has 27 heavy (non-hydrogen) atoms. The number of ether oxygens (including phenoxy) is 2. The molecule has 1 aliphatic rings. The van der Waals surface area contributed by atoms with E-state index in [1.807, 2.05) is 6.07 Å². The van der Waals surface area contributed by atoms with Crippen molar-refractivity contribution in [2.24, 2.45) is 5.10 Å². The van der Waals surface area contributed by atoms with Crippen LogP contribution in [0.4, 0.5) is 5.82 Å². The maximum atomic E-state index is 12.4. The third-order valence-corrected chi connectivity index (χ3v) is 3.92. The number of nitrogens with two attached hydrogens (primary N) is 1. The van der Waals surface area contributed by atoms with Crippen molar-refractivity contribution in [2.45, 2.75) is 13.8 Å². The van der Waals surface area contributed by atoms with Gasteiger partial charge in [-0.2, -0.15) is 9.78 Å². The van der Waals surface area contributed by atoms with Crippen LogP contribution in [0.25, 0.3) is 5.82 Å². The number of rotatable bonds is 4. The number of carbonyl (C=O) groups is 1. The monoisotopic (exact) mass is 370 g/mol. The maximum absolute atomic E-state index is 12.4. The van der Waals surface area contributed by atoms with Crippen LogP contribution in [-0.2, 0) is 0 Å². The normalized spacial score (nSPS) is 13.0. The second-order valence-electron chi connectivity index (χ2n) is 5.61. The first-order valence-electron chi connectivity index (χ1n) is 7.80. The van der Waals surface area contributed by atoms with Gasteiger partial charge in [-0.05, 0) is 42.4 Å². The Morgan fingerprint density at radius 3 is 2.89 bits per heavy atom. The Kier molecular flexibility index (Phi) is 3.91. The van der Waals surface area contributed by atoms with Crippen molar-refractivity contribution in [3.63, 3.8) is 0 Å². The molecule has 3 heterocycles. The van der Waals surface area contributed by atoms with Crippen molar-refractivity contribution in [1.29, 1.82) is 0 Å². The molecule has 12 nitrogen and oxygen atoms in total. The Morgan fingerprint density at radius 2 is 2.11 bits per heavy atom. The lowest BCUT2D eigenvalue weighted by Crippen LogP contribution is -2.21. The lowest BCUT2D eigenvalue weighted by molar-refractivity contribution is 0.0949. The number of hydrogen-bond donors (Lipinski definition) is 2. The minimum Gasteiger partial charge on any atom is -0.454 e. The first kappa shape index (κ1) is 16.5. The van der Waals surface area contributed by atoms with E-state index in [-0.39, 0.29) is 24.1 Å². The van der Waals surface area contributed by atoms with Crippen LogP contribution in [0.5, 0.6) is 11.5 Å². The molecule has 3 N–H and O–H groups in total. The van der Waals surface area contributed by atoms with Gasteiger partial charge in [0.15, 0.2) is 17.2 Å². The quantitative estimate of drug-likeness (QED) is 0.491. The largest absolute Gasteiger partial charge is 0.454 e. The number of hydrogen-bond acceptors (Lipinski definition) is 10. The van der Waals surface area contributed by atoms with E-state index in [9.17, 15) is 4.79 Å².